The van der Waals surface area contributed by atoms with Crippen LogP contribution in [0.3, 0.4) is 0 Å². The molecule has 2 aromatic carbocycles. The monoisotopic (exact) mass is 325 g/mol. The molecule has 0 aliphatic carbocycles. The van der Waals surface area contributed by atoms with Crippen LogP contribution in [0.1, 0.15) is 10.6 Å². The van der Waals surface area contributed by atoms with Crippen LogP contribution in [-0.4, -0.2) is 18.2 Å². The van der Waals surface area contributed by atoms with Gasteiger partial charge in [0.05, 0.1) is 5.39 Å². The number of para-hydroxylation sites is 1. The summed E-state index contributed by atoms with van der Waals surface area (Å²) in [6.45, 7) is 0.495. The van der Waals surface area contributed by atoms with Crippen molar-refractivity contribution in [3.8, 4) is 0 Å². The molecular weight excluding hydrogens is 310 g/mol. The summed E-state index contributed by atoms with van der Waals surface area (Å²) in [6, 6.07) is 18.1. The molecule has 3 aromatic rings. The van der Waals surface area contributed by atoms with Gasteiger partial charge in [0.15, 0.2) is 11.2 Å². The Hall–Kier alpha value is -2.53. The fourth-order valence-electron chi connectivity index (χ4n) is 2.15. The van der Waals surface area contributed by atoms with Gasteiger partial charge in [0.1, 0.15) is 5.58 Å². The highest BCUT2D eigenvalue weighted by Crippen LogP contribution is 2.16. The van der Waals surface area contributed by atoms with Gasteiger partial charge < -0.3 is 9.73 Å². The quantitative estimate of drug-likeness (QED) is 0.577. The van der Waals surface area contributed by atoms with Crippen LogP contribution in [0.2, 0.25) is 0 Å². The zero-order chi connectivity index (χ0) is 16.1. The lowest BCUT2D eigenvalue weighted by molar-refractivity contribution is 0.0929. The summed E-state index contributed by atoms with van der Waals surface area (Å²) in [7, 11) is 0. The van der Waals surface area contributed by atoms with Crippen LogP contribution in [-0.2, 0) is 0 Å². The van der Waals surface area contributed by atoms with Gasteiger partial charge in [-0.1, -0.05) is 30.3 Å². The van der Waals surface area contributed by atoms with Crippen molar-refractivity contribution in [2.24, 2.45) is 0 Å². The molecule has 0 fully saturated rings. The predicted octanol–water partition coefficient (Wildman–Crippen LogP) is 3.32. The third-order valence-electron chi connectivity index (χ3n) is 3.26. The maximum atomic E-state index is 12.1. The smallest absolute Gasteiger partial charge is 0.287 e. The minimum atomic E-state index is -0.374. The number of rotatable bonds is 5. The van der Waals surface area contributed by atoms with E-state index in [1.807, 2.05) is 30.3 Å². The van der Waals surface area contributed by atoms with Gasteiger partial charge >= 0.3 is 0 Å². The van der Waals surface area contributed by atoms with Crippen LogP contribution in [0.4, 0.5) is 0 Å². The number of hydrogen-bond donors (Lipinski definition) is 1. The molecule has 0 atom stereocenters. The Morgan fingerprint density at radius 3 is 2.61 bits per heavy atom. The van der Waals surface area contributed by atoms with E-state index in [0.717, 1.165) is 10.6 Å². The Bertz CT molecular complexity index is 874. The van der Waals surface area contributed by atoms with Gasteiger partial charge in [-0.3, -0.25) is 9.59 Å². The van der Waals surface area contributed by atoms with Crippen LogP contribution < -0.4 is 10.7 Å². The highest BCUT2D eigenvalue weighted by molar-refractivity contribution is 7.99. The molecule has 0 radical (unpaired) electrons. The summed E-state index contributed by atoms with van der Waals surface area (Å²) in [5.74, 6) is 0.410. The molecule has 0 unspecified atom stereocenters. The molecule has 0 saturated heterocycles. The first-order valence-electron chi connectivity index (χ1n) is 7.23. The molecule has 116 valence electrons. The van der Waals surface area contributed by atoms with E-state index in [9.17, 15) is 9.59 Å². The number of carbonyl (C=O) groups is 1. The van der Waals surface area contributed by atoms with Crippen molar-refractivity contribution >= 4 is 28.6 Å². The number of benzene rings is 2. The van der Waals surface area contributed by atoms with Gasteiger partial charge in [-0.2, -0.15) is 0 Å². The third kappa shape index (κ3) is 3.81. The third-order valence-corrected chi connectivity index (χ3v) is 4.27. The molecule has 0 saturated carbocycles. The molecule has 0 spiro atoms. The maximum Gasteiger partial charge on any atom is 0.287 e. The van der Waals surface area contributed by atoms with E-state index < -0.39 is 0 Å². The van der Waals surface area contributed by atoms with Gasteiger partial charge in [-0.05, 0) is 24.3 Å². The Kier molecular flexibility index (Phi) is 4.78. The average Bonchev–Trinajstić information content (AvgIpc) is 2.59. The SMILES string of the molecule is O=C(NCCSc1ccccc1)c1cc(=O)c2ccccc2o1. The summed E-state index contributed by atoms with van der Waals surface area (Å²) >= 11 is 1.66. The van der Waals surface area contributed by atoms with Crippen LogP contribution in [0, 0.1) is 0 Å². The van der Waals surface area contributed by atoms with Crippen LogP contribution in [0.5, 0.6) is 0 Å². The predicted molar refractivity (Wildman–Crippen MR) is 92.0 cm³/mol. The summed E-state index contributed by atoms with van der Waals surface area (Å²) in [6.07, 6.45) is 0. The van der Waals surface area contributed by atoms with E-state index in [4.69, 9.17) is 4.42 Å². The van der Waals surface area contributed by atoms with E-state index >= 15 is 0 Å². The minimum absolute atomic E-state index is 0.0402. The largest absolute Gasteiger partial charge is 0.451 e. The molecule has 1 aromatic heterocycles. The molecule has 1 amide bonds. The molecule has 0 aliphatic heterocycles. The first-order chi connectivity index (χ1) is 11.2. The average molecular weight is 325 g/mol. The molecule has 0 aliphatic rings. The minimum Gasteiger partial charge on any atom is -0.451 e. The van der Waals surface area contributed by atoms with Gasteiger partial charge in [-0.25, -0.2) is 0 Å². The number of fused-ring (bicyclic) bond motifs is 1. The fourth-order valence-corrected chi connectivity index (χ4v) is 2.94. The Morgan fingerprint density at radius 2 is 1.78 bits per heavy atom. The summed E-state index contributed by atoms with van der Waals surface area (Å²) in [4.78, 5) is 25.2. The van der Waals surface area contributed by atoms with Crippen molar-refractivity contribution in [2.45, 2.75) is 4.90 Å². The second-order valence-electron chi connectivity index (χ2n) is 4.89. The zero-order valence-electron chi connectivity index (χ0n) is 12.3. The standard InChI is InChI=1S/C18H15NO3S/c20-15-12-17(22-16-9-5-4-8-14(15)16)18(21)19-10-11-23-13-6-2-1-3-7-13/h1-9,12H,10-11H2,(H,19,21). The molecule has 5 heteroatoms. The topological polar surface area (TPSA) is 59.3 Å². The van der Waals surface area contributed by atoms with Gasteiger partial charge in [-0.15, -0.1) is 11.8 Å². The van der Waals surface area contributed by atoms with E-state index in [1.54, 1.807) is 36.0 Å². The zero-order valence-corrected chi connectivity index (χ0v) is 13.1. The highest BCUT2D eigenvalue weighted by Gasteiger charge is 2.11. The van der Waals surface area contributed by atoms with E-state index in [-0.39, 0.29) is 17.1 Å². The summed E-state index contributed by atoms with van der Waals surface area (Å²) in [5.41, 5.74) is 0.208. The Morgan fingerprint density at radius 1 is 1.04 bits per heavy atom. The first kappa shape index (κ1) is 15.4. The van der Waals surface area contributed by atoms with E-state index in [2.05, 4.69) is 5.32 Å². The van der Waals surface area contributed by atoms with Crippen molar-refractivity contribution in [1.29, 1.82) is 0 Å². The number of amides is 1. The van der Waals surface area contributed by atoms with Crippen LogP contribution in [0.25, 0.3) is 11.0 Å². The van der Waals surface area contributed by atoms with Crippen molar-refractivity contribution in [3.63, 3.8) is 0 Å². The van der Waals surface area contributed by atoms with Crippen molar-refractivity contribution in [3.05, 3.63) is 76.6 Å². The number of carbonyl (C=O) groups excluding carboxylic acids is 1. The Balaban J connectivity index is 1.61. The molecule has 1 N–H and O–H groups in total. The van der Waals surface area contributed by atoms with Gasteiger partial charge in [0.2, 0.25) is 0 Å². The highest BCUT2D eigenvalue weighted by atomic mass is 32.2. The number of hydrogen-bond acceptors (Lipinski definition) is 4. The van der Waals surface area contributed by atoms with Crippen molar-refractivity contribution in [2.75, 3.05) is 12.3 Å². The second kappa shape index (κ2) is 7.15. The first-order valence-corrected chi connectivity index (χ1v) is 8.21. The van der Waals surface area contributed by atoms with E-state index in [0.29, 0.717) is 17.5 Å². The molecule has 23 heavy (non-hydrogen) atoms. The molecular formula is C18H15NO3S. The molecule has 0 bridgehead atoms. The lowest BCUT2D eigenvalue weighted by Gasteiger charge is -2.05. The normalized spacial score (nSPS) is 10.6. The van der Waals surface area contributed by atoms with Crippen LogP contribution >= 0.6 is 11.8 Å². The van der Waals surface area contributed by atoms with Gasteiger partial charge in [0, 0.05) is 23.3 Å². The maximum absolute atomic E-state index is 12.1. The van der Waals surface area contributed by atoms with Crippen LogP contribution in [0.15, 0.2) is 74.8 Å². The molecule has 4 nitrogen and oxygen atoms in total. The van der Waals surface area contributed by atoms with Gasteiger partial charge in [0.25, 0.3) is 5.91 Å². The van der Waals surface area contributed by atoms with Crippen molar-refractivity contribution in [1.82, 2.24) is 5.32 Å². The van der Waals surface area contributed by atoms with Crippen molar-refractivity contribution < 1.29 is 9.21 Å². The summed E-state index contributed by atoms with van der Waals surface area (Å²) < 4.78 is 5.50. The molecule has 1 heterocycles. The molecule has 3 rings (SSSR count). The van der Waals surface area contributed by atoms with E-state index in [1.165, 1.54) is 6.07 Å². The second-order valence-corrected chi connectivity index (χ2v) is 6.06. The fraction of sp³-hybridized carbons (Fsp3) is 0.111. The lowest BCUT2D eigenvalue weighted by Crippen LogP contribution is -2.26. The number of nitrogens with one attached hydrogen (secondary N) is 1. The lowest BCUT2D eigenvalue weighted by atomic mass is 10.2. The number of thioether (sulfide) groups is 1. The Labute approximate surface area is 137 Å². The summed E-state index contributed by atoms with van der Waals surface area (Å²) in [5, 5.41) is 3.24.